The molecule has 0 atom stereocenters. The van der Waals surface area contributed by atoms with Crippen LogP contribution in [0.3, 0.4) is 0 Å². The number of hydrogen-bond donors (Lipinski definition) is 0. The molecule has 1 aliphatic carbocycles. The van der Waals surface area contributed by atoms with Crippen LogP contribution in [-0.4, -0.2) is 24.1 Å². The normalized spacial score (nSPS) is 17.7. The van der Waals surface area contributed by atoms with Crippen LogP contribution in [0, 0.1) is 0 Å². The quantitative estimate of drug-likeness (QED) is 0.607. The van der Waals surface area contributed by atoms with Gasteiger partial charge in [-0.05, 0) is 16.7 Å². The fourth-order valence-electron chi connectivity index (χ4n) is 4.42. The molecule has 3 aromatic rings. The lowest BCUT2D eigenvalue weighted by atomic mass is 9.72. The minimum atomic E-state index is -0.558. The maximum atomic E-state index is 12.7. The van der Waals surface area contributed by atoms with Gasteiger partial charge in [-0.2, -0.15) is 0 Å². The third-order valence-corrected chi connectivity index (χ3v) is 5.70. The van der Waals surface area contributed by atoms with Gasteiger partial charge in [0.25, 0.3) is 0 Å². The van der Waals surface area contributed by atoms with Crippen LogP contribution in [-0.2, 0) is 10.2 Å². The van der Waals surface area contributed by atoms with E-state index < -0.39 is 5.41 Å². The molecule has 0 N–H and O–H groups in total. The minimum Gasteiger partial charge on any atom is -0.447 e. The summed E-state index contributed by atoms with van der Waals surface area (Å²) in [6.45, 7) is 0.956. The molecule has 0 saturated carbocycles. The van der Waals surface area contributed by atoms with E-state index in [1.54, 1.807) is 0 Å². The van der Waals surface area contributed by atoms with Crippen molar-refractivity contribution in [2.45, 2.75) is 5.41 Å². The second-order valence-electron chi connectivity index (χ2n) is 7.27. The van der Waals surface area contributed by atoms with Gasteiger partial charge < -0.3 is 4.74 Å². The molecule has 2 aliphatic rings. The van der Waals surface area contributed by atoms with Gasteiger partial charge in [0.1, 0.15) is 6.61 Å². The number of benzene rings is 3. The van der Waals surface area contributed by atoms with Crippen LogP contribution in [0.15, 0.2) is 109 Å². The second kappa shape index (κ2) is 7.10. The summed E-state index contributed by atoms with van der Waals surface area (Å²) in [6, 6.07) is 31.0. The first-order chi connectivity index (χ1) is 14.3. The molecule has 1 amide bonds. The SMILES string of the molecule is O=C1OCCN1C1=C(c2ccccc2)C=CC1(c1ccccc1)c1ccccc1. The second-order valence-corrected chi connectivity index (χ2v) is 7.27. The first-order valence-corrected chi connectivity index (χ1v) is 9.85. The summed E-state index contributed by atoms with van der Waals surface area (Å²) < 4.78 is 5.35. The largest absolute Gasteiger partial charge is 0.447 e. The van der Waals surface area contributed by atoms with Gasteiger partial charge >= 0.3 is 6.09 Å². The van der Waals surface area contributed by atoms with Crippen LogP contribution >= 0.6 is 0 Å². The lowest BCUT2D eigenvalue weighted by Gasteiger charge is -2.36. The third-order valence-electron chi connectivity index (χ3n) is 5.70. The van der Waals surface area contributed by atoms with Crippen LogP contribution < -0.4 is 0 Å². The van der Waals surface area contributed by atoms with Gasteiger partial charge in [-0.3, -0.25) is 4.90 Å². The molecule has 29 heavy (non-hydrogen) atoms. The predicted molar refractivity (Wildman–Crippen MR) is 114 cm³/mol. The lowest BCUT2D eigenvalue weighted by Crippen LogP contribution is -2.38. The van der Waals surface area contributed by atoms with Crippen molar-refractivity contribution in [1.82, 2.24) is 4.90 Å². The van der Waals surface area contributed by atoms with Gasteiger partial charge in [-0.15, -0.1) is 0 Å². The Kier molecular flexibility index (Phi) is 4.28. The van der Waals surface area contributed by atoms with Gasteiger partial charge in [0.2, 0.25) is 0 Å². The van der Waals surface area contributed by atoms with Gasteiger partial charge in [0.05, 0.1) is 17.7 Å². The number of amides is 1. The van der Waals surface area contributed by atoms with E-state index in [-0.39, 0.29) is 6.09 Å². The number of carbonyl (C=O) groups excluding carboxylic acids is 1. The zero-order chi connectivity index (χ0) is 19.7. The fourth-order valence-corrected chi connectivity index (χ4v) is 4.42. The summed E-state index contributed by atoms with van der Waals surface area (Å²) in [7, 11) is 0. The number of carbonyl (C=O) groups is 1. The van der Waals surface area contributed by atoms with E-state index in [1.807, 2.05) is 59.5 Å². The van der Waals surface area contributed by atoms with Crippen LogP contribution in [0.5, 0.6) is 0 Å². The van der Waals surface area contributed by atoms with Crippen LogP contribution in [0.25, 0.3) is 5.57 Å². The Hall–Kier alpha value is -3.59. The van der Waals surface area contributed by atoms with Crippen molar-refractivity contribution in [3.63, 3.8) is 0 Å². The van der Waals surface area contributed by atoms with Crippen molar-refractivity contribution in [3.8, 4) is 0 Å². The number of ether oxygens (including phenoxy) is 1. The summed E-state index contributed by atoms with van der Waals surface area (Å²) in [5, 5.41) is 0. The highest BCUT2D eigenvalue weighted by molar-refractivity contribution is 5.88. The van der Waals surface area contributed by atoms with Crippen molar-refractivity contribution in [2.24, 2.45) is 0 Å². The Labute approximate surface area is 170 Å². The molecule has 1 heterocycles. The molecular formula is C26H21NO2. The summed E-state index contributed by atoms with van der Waals surface area (Å²) in [6.07, 6.45) is 4.09. The van der Waals surface area contributed by atoms with E-state index in [0.717, 1.165) is 28.0 Å². The number of nitrogens with zero attached hydrogens (tertiary/aromatic N) is 1. The predicted octanol–water partition coefficient (Wildman–Crippen LogP) is 5.41. The zero-order valence-electron chi connectivity index (χ0n) is 16.0. The molecule has 0 bridgehead atoms. The Morgan fingerprint density at radius 3 is 1.83 bits per heavy atom. The van der Waals surface area contributed by atoms with Crippen molar-refractivity contribution in [3.05, 3.63) is 126 Å². The Morgan fingerprint density at radius 1 is 0.759 bits per heavy atom. The van der Waals surface area contributed by atoms with Crippen LogP contribution in [0.1, 0.15) is 16.7 Å². The molecule has 0 aromatic heterocycles. The number of hydrogen-bond acceptors (Lipinski definition) is 2. The molecule has 3 aromatic carbocycles. The van der Waals surface area contributed by atoms with Crippen molar-refractivity contribution in [2.75, 3.05) is 13.2 Å². The molecule has 5 rings (SSSR count). The topological polar surface area (TPSA) is 29.5 Å². The first-order valence-electron chi connectivity index (χ1n) is 9.85. The number of rotatable bonds is 4. The highest BCUT2D eigenvalue weighted by Crippen LogP contribution is 2.50. The van der Waals surface area contributed by atoms with E-state index in [2.05, 4.69) is 48.6 Å². The summed E-state index contributed by atoms with van der Waals surface area (Å²) in [4.78, 5) is 14.5. The van der Waals surface area contributed by atoms with E-state index in [1.165, 1.54) is 0 Å². The third kappa shape index (κ3) is 2.78. The van der Waals surface area contributed by atoms with E-state index in [0.29, 0.717) is 13.2 Å². The molecule has 0 unspecified atom stereocenters. The minimum absolute atomic E-state index is 0.284. The smallest absolute Gasteiger partial charge is 0.414 e. The first kappa shape index (κ1) is 17.5. The Balaban J connectivity index is 1.83. The summed E-state index contributed by atoms with van der Waals surface area (Å²) >= 11 is 0. The molecule has 3 nitrogen and oxygen atoms in total. The van der Waals surface area contributed by atoms with Crippen LogP contribution in [0.2, 0.25) is 0 Å². The molecule has 1 aliphatic heterocycles. The monoisotopic (exact) mass is 379 g/mol. The van der Waals surface area contributed by atoms with Crippen molar-refractivity contribution < 1.29 is 9.53 Å². The van der Waals surface area contributed by atoms with Gasteiger partial charge in [-0.25, -0.2) is 4.79 Å². The highest BCUT2D eigenvalue weighted by Gasteiger charge is 2.46. The molecule has 0 spiro atoms. The van der Waals surface area contributed by atoms with Gasteiger partial charge in [0, 0.05) is 5.57 Å². The average molecular weight is 379 g/mol. The average Bonchev–Trinajstić information content (AvgIpc) is 3.39. The van der Waals surface area contributed by atoms with Crippen molar-refractivity contribution >= 4 is 11.7 Å². The highest BCUT2D eigenvalue weighted by atomic mass is 16.6. The lowest BCUT2D eigenvalue weighted by molar-refractivity contribution is 0.163. The molecular weight excluding hydrogens is 358 g/mol. The standard InChI is InChI=1S/C26H21NO2/c28-25-27(18-19-29-25)24-23(20-10-4-1-5-11-20)16-17-26(24,21-12-6-2-7-13-21)22-14-8-3-9-15-22/h1-17H,18-19H2. The zero-order valence-corrected chi connectivity index (χ0v) is 16.0. The summed E-state index contributed by atoms with van der Waals surface area (Å²) in [5.41, 5.74) is 4.80. The van der Waals surface area contributed by atoms with Gasteiger partial charge in [0.15, 0.2) is 0 Å². The van der Waals surface area contributed by atoms with E-state index in [4.69, 9.17) is 4.74 Å². The van der Waals surface area contributed by atoms with E-state index in [9.17, 15) is 4.79 Å². The molecule has 142 valence electrons. The number of allylic oxidation sites excluding steroid dienone is 3. The molecule has 3 heteroatoms. The maximum Gasteiger partial charge on any atom is 0.414 e. The maximum absolute atomic E-state index is 12.7. The molecule has 0 radical (unpaired) electrons. The Morgan fingerprint density at radius 2 is 1.31 bits per heavy atom. The van der Waals surface area contributed by atoms with Crippen molar-refractivity contribution in [1.29, 1.82) is 0 Å². The summed E-state index contributed by atoms with van der Waals surface area (Å²) in [5.74, 6) is 0. The fraction of sp³-hybridized carbons (Fsp3) is 0.115. The molecule has 1 saturated heterocycles. The number of cyclic esters (lactones) is 1. The molecule has 1 fully saturated rings. The van der Waals surface area contributed by atoms with E-state index >= 15 is 0 Å². The van der Waals surface area contributed by atoms with Gasteiger partial charge in [-0.1, -0.05) is 103 Å². The Bertz CT molecular complexity index is 1050. The van der Waals surface area contributed by atoms with Crippen LogP contribution in [0.4, 0.5) is 4.79 Å².